The van der Waals surface area contributed by atoms with Gasteiger partial charge in [-0.25, -0.2) is 0 Å². The first kappa shape index (κ1) is 11.4. The van der Waals surface area contributed by atoms with E-state index in [1.807, 2.05) is 0 Å². The molecule has 0 fully saturated rings. The van der Waals surface area contributed by atoms with Gasteiger partial charge in [-0.1, -0.05) is 0 Å². The fraction of sp³-hybridized carbons (Fsp3) is 0.875. The second-order valence-corrected chi connectivity index (χ2v) is 4.27. The summed E-state index contributed by atoms with van der Waals surface area (Å²) >= 11 is 0. The molecule has 0 saturated heterocycles. The van der Waals surface area contributed by atoms with Crippen molar-refractivity contribution in [1.29, 1.82) is 0 Å². The van der Waals surface area contributed by atoms with E-state index in [1.54, 1.807) is 27.7 Å². The summed E-state index contributed by atoms with van der Waals surface area (Å²) in [5, 5.41) is 0. The van der Waals surface area contributed by atoms with Gasteiger partial charge in [0.15, 0.2) is 0 Å². The van der Waals surface area contributed by atoms with Crippen molar-refractivity contribution in [3.05, 3.63) is 0 Å². The molecule has 72 valence electrons. The summed E-state index contributed by atoms with van der Waals surface area (Å²) in [6.45, 7) is 6.98. The van der Waals surface area contributed by atoms with Crippen LogP contribution in [0.2, 0.25) is 0 Å². The van der Waals surface area contributed by atoms with Gasteiger partial charge in [0.1, 0.15) is 5.60 Å². The zero-order chi connectivity index (χ0) is 9.99. The number of carbonyl (C=O) groups is 1. The second kappa shape index (κ2) is 3.41. The summed E-state index contributed by atoms with van der Waals surface area (Å²) in [5.41, 5.74) is 9.41. The first-order chi connectivity index (χ1) is 5.10. The maximum Gasteiger partial charge on any atom is 0.309 e. The van der Waals surface area contributed by atoms with E-state index >= 15 is 0 Å². The lowest BCUT2D eigenvalue weighted by atomic mass is 10.1. The van der Waals surface area contributed by atoms with Gasteiger partial charge in [0, 0.05) is 0 Å². The van der Waals surface area contributed by atoms with E-state index in [4.69, 9.17) is 16.2 Å². The second-order valence-electron chi connectivity index (χ2n) is 4.27. The minimum absolute atomic E-state index is 0.0320. The monoisotopic (exact) mass is 174 g/mol. The summed E-state index contributed by atoms with van der Waals surface area (Å²) in [6.07, 6.45) is 0.0320. The summed E-state index contributed by atoms with van der Waals surface area (Å²) in [5.74, 6) is -0.366. The topological polar surface area (TPSA) is 78.3 Å². The quantitative estimate of drug-likeness (QED) is 0.468. The van der Waals surface area contributed by atoms with Gasteiger partial charge in [0.2, 0.25) is 0 Å². The van der Waals surface area contributed by atoms with Gasteiger partial charge in [-0.15, -0.1) is 0 Å². The maximum atomic E-state index is 11.1. The largest absolute Gasteiger partial charge is 0.460 e. The molecule has 12 heavy (non-hydrogen) atoms. The highest BCUT2D eigenvalue weighted by atomic mass is 16.6. The number of rotatable bonds is 2. The molecule has 4 nitrogen and oxygen atoms in total. The van der Waals surface area contributed by atoms with Crippen LogP contribution in [-0.4, -0.2) is 17.2 Å². The molecule has 4 heteroatoms. The van der Waals surface area contributed by atoms with Crippen LogP contribution < -0.4 is 11.5 Å². The summed E-state index contributed by atoms with van der Waals surface area (Å²) in [4.78, 5) is 11.1. The van der Waals surface area contributed by atoms with Crippen molar-refractivity contribution in [1.82, 2.24) is 0 Å². The van der Waals surface area contributed by atoms with Crippen LogP contribution in [0.1, 0.15) is 34.1 Å². The molecule has 0 amide bonds. The van der Waals surface area contributed by atoms with E-state index in [0.29, 0.717) is 0 Å². The van der Waals surface area contributed by atoms with E-state index in [1.165, 1.54) is 0 Å². The third-order valence-corrected chi connectivity index (χ3v) is 0.945. The molecule has 0 aromatic rings. The summed E-state index contributed by atoms with van der Waals surface area (Å²) < 4.78 is 5.01. The highest BCUT2D eigenvalue weighted by Gasteiger charge is 2.22. The molecule has 0 rings (SSSR count). The first-order valence-electron chi connectivity index (χ1n) is 3.90. The number of carbonyl (C=O) groups excluding carboxylic acids is 1. The Morgan fingerprint density at radius 1 is 1.25 bits per heavy atom. The van der Waals surface area contributed by atoms with Crippen LogP contribution in [0.15, 0.2) is 0 Å². The zero-order valence-corrected chi connectivity index (χ0v) is 8.18. The molecular weight excluding hydrogens is 156 g/mol. The molecule has 0 aliphatic heterocycles. The predicted molar refractivity (Wildman–Crippen MR) is 47.2 cm³/mol. The minimum Gasteiger partial charge on any atom is -0.460 e. The highest BCUT2D eigenvalue weighted by molar-refractivity contribution is 5.71. The van der Waals surface area contributed by atoms with E-state index in [9.17, 15) is 4.79 Å². The van der Waals surface area contributed by atoms with Crippen LogP contribution in [0.3, 0.4) is 0 Å². The SMILES string of the molecule is CC(N)(N)CC(=O)OC(C)(C)C. The van der Waals surface area contributed by atoms with Crippen molar-refractivity contribution in [2.45, 2.75) is 45.4 Å². The highest BCUT2D eigenvalue weighted by Crippen LogP contribution is 2.10. The van der Waals surface area contributed by atoms with Crippen molar-refractivity contribution in [3.63, 3.8) is 0 Å². The van der Waals surface area contributed by atoms with Crippen LogP contribution in [0, 0.1) is 0 Å². The predicted octanol–water partition coefficient (Wildman–Crippen LogP) is 0.352. The van der Waals surface area contributed by atoms with Crippen molar-refractivity contribution in [2.75, 3.05) is 0 Å². The third kappa shape index (κ3) is 7.50. The Hall–Kier alpha value is -0.610. The van der Waals surface area contributed by atoms with E-state index in [-0.39, 0.29) is 12.4 Å². The Kier molecular flexibility index (Phi) is 3.24. The number of hydrogen-bond acceptors (Lipinski definition) is 4. The Morgan fingerprint density at radius 2 is 1.67 bits per heavy atom. The molecular formula is C8H18N2O2. The Morgan fingerprint density at radius 3 is 1.92 bits per heavy atom. The van der Waals surface area contributed by atoms with Gasteiger partial charge in [-0.05, 0) is 27.7 Å². The summed E-state index contributed by atoms with van der Waals surface area (Å²) in [6, 6.07) is 0. The maximum absolute atomic E-state index is 11.1. The number of esters is 1. The standard InChI is InChI=1S/C8H18N2O2/c1-7(2,3)12-6(11)5-8(4,9)10/h5,9-10H2,1-4H3. The number of nitrogens with two attached hydrogens (primary N) is 2. The Bertz CT molecular complexity index is 147. The first-order valence-corrected chi connectivity index (χ1v) is 3.90. The van der Waals surface area contributed by atoms with Gasteiger partial charge in [-0.3, -0.25) is 4.79 Å². The molecule has 0 spiro atoms. The Labute approximate surface area is 73.2 Å². The van der Waals surface area contributed by atoms with Crippen molar-refractivity contribution in [2.24, 2.45) is 11.5 Å². The van der Waals surface area contributed by atoms with Gasteiger partial charge in [0.25, 0.3) is 0 Å². The van der Waals surface area contributed by atoms with E-state index in [2.05, 4.69) is 0 Å². The van der Waals surface area contributed by atoms with Crippen LogP contribution >= 0.6 is 0 Å². The number of hydrogen-bond donors (Lipinski definition) is 2. The molecule has 0 saturated carbocycles. The number of ether oxygens (including phenoxy) is 1. The van der Waals surface area contributed by atoms with Crippen molar-refractivity contribution < 1.29 is 9.53 Å². The minimum atomic E-state index is -0.984. The van der Waals surface area contributed by atoms with Crippen LogP contribution in [0.5, 0.6) is 0 Å². The normalized spacial score (nSPS) is 12.8. The fourth-order valence-corrected chi connectivity index (χ4v) is 0.689. The molecule has 0 atom stereocenters. The van der Waals surface area contributed by atoms with Crippen LogP contribution in [0.4, 0.5) is 0 Å². The van der Waals surface area contributed by atoms with E-state index < -0.39 is 11.3 Å². The van der Waals surface area contributed by atoms with Gasteiger partial charge >= 0.3 is 5.97 Å². The average Bonchev–Trinajstić information content (AvgIpc) is 1.49. The summed E-state index contributed by atoms with van der Waals surface area (Å²) in [7, 11) is 0. The van der Waals surface area contributed by atoms with Gasteiger partial charge in [-0.2, -0.15) is 0 Å². The van der Waals surface area contributed by atoms with Crippen LogP contribution in [0.25, 0.3) is 0 Å². The van der Waals surface area contributed by atoms with Crippen molar-refractivity contribution >= 4 is 5.97 Å². The Balaban J connectivity index is 3.92. The molecule has 4 N–H and O–H groups in total. The lowest BCUT2D eigenvalue weighted by molar-refractivity contribution is -0.156. The van der Waals surface area contributed by atoms with Crippen LogP contribution in [-0.2, 0) is 9.53 Å². The molecule has 0 radical (unpaired) electrons. The van der Waals surface area contributed by atoms with Crippen molar-refractivity contribution in [3.8, 4) is 0 Å². The lowest BCUT2D eigenvalue weighted by Gasteiger charge is -2.23. The molecule has 0 aliphatic rings. The lowest BCUT2D eigenvalue weighted by Crippen LogP contribution is -2.48. The molecule has 0 aromatic carbocycles. The fourth-order valence-electron chi connectivity index (χ4n) is 0.689. The smallest absolute Gasteiger partial charge is 0.309 e. The molecule has 0 aromatic heterocycles. The zero-order valence-electron chi connectivity index (χ0n) is 8.18. The average molecular weight is 174 g/mol. The third-order valence-electron chi connectivity index (χ3n) is 0.945. The molecule has 0 aliphatic carbocycles. The molecule has 0 bridgehead atoms. The van der Waals surface area contributed by atoms with E-state index in [0.717, 1.165) is 0 Å². The molecule has 0 heterocycles. The molecule has 0 unspecified atom stereocenters. The van der Waals surface area contributed by atoms with Gasteiger partial charge in [0.05, 0.1) is 12.1 Å². The van der Waals surface area contributed by atoms with Gasteiger partial charge < -0.3 is 16.2 Å².